The maximum atomic E-state index is 12.6. The summed E-state index contributed by atoms with van der Waals surface area (Å²) in [6.45, 7) is 0.243. The van der Waals surface area contributed by atoms with Crippen LogP contribution in [0.1, 0.15) is 15.2 Å². The third kappa shape index (κ3) is 5.06. The van der Waals surface area contributed by atoms with E-state index >= 15 is 0 Å². The summed E-state index contributed by atoms with van der Waals surface area (Å²) in [5.41, 5.74) is 1.16. The maximum absolute atomic E-state index is 12.6. The Morgan fingerprint density at radius 3 is 2.73 bits per heavy atom. The van der Waals surface area contributed by atoms with Crippen LogP contribution < -0.4 is 15.8 Å². The molecule has 33 heavy (non-hydrogen) atoms. The van der Waals surface area contributed by atoms with E-state index in [0.717, 1.165) is 0 Å². The fourth-order valence-electron chi connectivity index (χ4n) is 3.47. The van der Waals surface area contributed by atoms with Crippen molar-refractivity contribution in [2.75, 3.05) is 24.6 Å². The first-order chi connectivity index (χ1) is 15.9. The summed E-state index contributed by atoms with van der Waals surface area (Å²) in [6.07, 6.45) is 0.743. The van der Waals surface area contributed by atoms with E-state index in [-0.39, 0.29) is 42.6 Å². The van der Waals surface area contributed by atoms with Crippen molar-refractivity contribution in [2.45, 2.75) is 12.5 Å². The molecule has 4 rings (SSSR count). The van der Waals surface area contributed by atoms with Crippen molar-refractivity contribution in [1.29, 1.82) is 0 Å². The summed E-state index contributed by atoms with van der Waals surface area (Å²) in [7, 11) is 0. The zero-order valence-electron chi connectivity index (χ0n) is 17.2. The van der Waals surface area contributed by atoms with Crippen LogP contribution in [0.25, 0.3) is 5.69 Å². The molecule has 3 heterocycles. The van der Waals surface area contributed by atoms with Gasteiger partial charge in [0, 0.05) is 30.5 Å². The molecule has 1 aliphatic rings. The Bertz CT molecular complexity index is 1260. The number of benzene rings is 1. The van der Waals surface area contributed by atoms with E-state index in [1.165, 1.54) is 20.8 Å². The highest BCUT2D eigenvalue weighted by atomic mass is 35.5. The molecule has 2 N–H and O–H groups in total. The minimum Gasteiger partial charge on any atom is -0.442 e. The van der Waals surface area contributed by atoms with Crippen molar-refractivity contribution in [1.82, 2.24) is 9.88 Å². The lowest BCUT2D eigenvalue weighted by atomic mass is 10.2. The number of amides is 2. The van der Waals surface area contributed by atoms with Gasteiger partial charge in [-0.3, -0.25) is 19.1 Å². The predicted molar refractivity (Wildman–Crippen MR) is 127 cm³/mol. The number of nitrogens with zero attached hydrogens (tertiary/aromatic N) is 2. The number of thiophene rings is 1. The zero-order valence-corrected chi connectivity index (χ0v) is 19.5. The Kier molecular flexibility index (Phi) is 7.04. The van der Waals surface area contributed by atoms with Gasteiger partial charge in [-0.05, 0) is 36.4 Å². The highest BCUT2D eigenvalue weighted by molar-refractivity contribution is 7.18. The van der Waals surface area contributed by atoms with Crippen LogP contribution in [0.5, 0.6) is 0 Å². The third-order valence-corrected chi connectivity index (χ3v) is 6.60. The molecule has 8 nitrogen and oxygen atoms in total. The summed E-state index contributed by atoms with van der Waals surface area (Å²) >= 11 is 13.5. The van der Waals surface area contributed by atoms with Crippen molar-refractivity contribution in [2.24, 2.45) is 0 Å². The second-order valence-corrected chi connectivity index (χ2v) is 9.37. The molecule has 0 bridgehead atoms. The Labute approximate surface area is 202 Å². The van der Waals surface area contributed by atoms with Crippen molar-refractivity contribution < 1.29 is 19.4 Å². The molecule has 2 aromatic heterocycles. The molecular formula is C22H19Cl2N3O5S. The van der Waals surface area contributed by atoms with Gasteiger partial charge in [-0.2, -0.15) is 0 Å². The van der Waals surface area contributed by atoms with Crippen LogP contribution in [0.15, 0.2) is 53.5 Å². The molecule has 1 saturated heterocycles. The highest BCUT2D eigenvalue weighted by Crippen LogP contribution is 2.29. The van der Waals surface area contributed by atoms with Gasteiger partial charge in [-0.25, -0.2) is 4.79 Å². The molecule has 0 unspecified atom stereocenters. The fraction of sp³-hybridized carbons (Fsp3) is 0.227. The van der Waals surface area contributed by atoms with Gasteiger partial charge in [-0.1, -0.05) is 29.3 Å². The number of carbonyl (C=O) groups is 2. The van der Waals surface area contributed by atoms with Gasteiger partial charge >= 0.3 is 6.09 Å². The van der Waals surface area contributed by atoms with Gasteiger partial charge in [-0.15, -0.1) is 11.3 Å². The molecule has 1 aromatic carbocycles. The fourth-order valence-corrected chi connectivity index (χ4v) is 4.69. The van der Waals surface area contributed by atoms with E-state index in [0.29, 0.717) is 26.2 Å². The first-order valence-electron chi connectivity index (χ1n) is 10.0. The number of nitrogens with one attached hydrogen (secondary N) is 1. The Balaban J connectivity index is 1.46. The van der Waals surface area contributed by atoms with E-state index in [9.17, 15) is 14.4 Å². The molecule has 3 aromatic rings. The van der Waals surface area contributed by atoms with Crippen LogP contribution >= 0.6 is 34.5 Å². The molecule has 0 spiro atoms. The number of aliphatic hydroxyl groups excluding tert-OH is 1. The number of rotatable bonds is 7. The van der Waals surface area contributed by atoms with E-state index in [4.69, 9.17) is 33.0 Å². The molecule has 1 atom stereocenters. The number of halogens is 2. The zero-order chi connectivity index (χ0) is 23.5. The number of pyridine rings is 1. The summed E-state index contributed by atoms with van der Waals surface area (Å²) < 4.78 is 7.28. The molecule has 11 heteroatoms. The first-order valence-corrected chi connectivity index (χ1v) is 11.6. The van der Waals surface area contributed by atoms with Gasteiger partial charge in [0.2, 0.25) is 0 Å². The van der Waals surface area contributed by atoms with Gasteiger partial charge in [0.25, 0.3) is 11.5 Å². The SMILES string of the molecule is O=C(NC[C@H]1CN(c2ccc(-n3cccc(CCO)c3=O)c(Cl)c2)C(=O)O1)c1ccc(Cl)s1. The lowest BCUT2D eigenvalue weighted by molar-refractivity contribution is 0.0920. The number of aliphatic hydroxyl groups is 1. The smallest absolute Gasteiger partial charge is 0.414 e. The predicted octanol–water partition coefficient (Wildman–Crippen LogP) is 3.50. The largest absolute Gasteiger partial charge is 0.442 e. The number of hydrogen-bond donors (Lipinski definition) is 2. The number of hydrogen-bond acceptors (Lipinski definition) is 6. The number of ether oxygens (including phenoxy) is 1. The number of cyclic esters (lactones) is 1. The summed E-state index contributed by atoms with van der Waals surface area (Å²) in [4.78, 5) is 39.1. The van der Waals surface area contributed by atoms with Crippen LogP contribution in [-0.4, -0.2) is 47.5 Å². The van der Waals surface area contributed by atoms with Gasteiger partial charge in [0.1, 0.15) is 6.10 Å². The highest BCUT2D eigenvalue weighted by Gasteiger charge is 2.33. The van der Waals surface area contributed by atoms with Gasteiger partial charge in [0.15, 0.2) is 0 Å². The molecule has 1 fully saturated rings. The molecule has 2 amide bonds. The lowest BCUT2D eigenvalue weighted by Gasteiger charge is -2.16. The third-order valence-electron chi connectivity index (χ3n) is 5.07. The minimum atomic E-state index is -0.556. The van der Waals surface area contributed by atoms with Crippen molar-refractivity contribution >= 4 is 52.2 Å². The normalized spacial score (nSPS) is 15.5. The van der Waals surface area contributed by atoms with Crippen molar-refractivity contribution in [3.63, 3.8) is 0 Å². The Morgan fingerprint density at radius 1 is 1.21 bits per heavy atom. The average Bonchev–Trinajstić information content (AvgIpc) is 3.39. The number of carbonyl (C=O) groups excluding carboxylic acids is 2. The monoisotopic (exact) mass is 507 g/mol. The molecule has 172 valence electrons. The maximum Gasteiger partial charge on any atom is 0.414 e. The van der Waals surface area contributed by atoms with Crippen LogP contribution in [0, 0.1) is 0 Å². The van der Waals surface area contributed by atoms with E-state index in [1.807, 2.05) is 0 Å². The number of anilines is 1. The minimum absolute atomic E-state index is 0.133. The van der Waals surface area contributed by atoms with Gasteiger partial charge in [0.05, 0.1) is 33.0 Å². The van der Waals surface area contributed by atoms with E-state index < -0.39 is 12.2 Å². The quantitative estimate of drug-likeness (QED) is 0.509. The van der Waals surface area contributed by atoms with Crippen LogP contribution in [-0.2, 0) is 11.2 Å². The van der Waals surface area contributed by atoms with Gasteiger partial charge < -0.3 is 15.2 Å². The summed E-state index contributed by atoms with van der Waals surface area (Å²) in [5.74, 6) is -0.289. The van der Waals surface area contributed by atoms with Crippen molar-refractivity contribution in [3.05, 3.63) is 78.8 Å². The first kappa shape index (κ1) is 23.3. The Morgan fingerprint density at radius 2 is 2.03 bits per heavy atom. The molecule has 1 aliphatic heterocycles. The number of aromatic nitrogens is 1. The standard InChI is InChI=1S/C22H19Cl2N3O5S/c23-16-10-14(3-4-17(16)26-8-1-2-13(7-9-28)21(26)30)27-12-15(32-22(27)31)11-25-20(29)18-5-6-19(24)33-18/h1-6,8,10,15,28H,7,9,11-12H2,(H,25,29)/t15-/m0/s1. The topological polar surface area (TPSA) is 101 Å². The molecule has 0 radical (unpaired) electrons. The average molecular weight is 508 g/mol. The molecular weight excluding hydrogens is 489 g/mol. The summed E-state index contributed by atoms with van der Waals surface area (Å²) in [6, 6.07) is 11.5. The lowest BCUT2D eigenvalue weighted by Crippen LogP contribution is -2.34. The second kappa shape index (κ2) is 9.96. The Hall–Kier alpha value is -2.85. The summed E-state index contributed by atoms with van der Waals surface area (Å²) in [5, 5.41) is 12.2. The second-order valence-electron chi connectivity index (χ2n) is 7.25. The van der Waals surface area contributed by atoms with Crippen molar-refractivity contribution in [3.8, 4) is 5.69 Å². The van der Waals surface area contributed by atoms with Crippen LogP contribution in [0.4, 0.5) is 10.5 Å². The van der Waals surface area contributed by atoms with Crippen LogP contribution in [0.2, 0.25) is 9.36 Å². The van der Waals surface area contributed by atoms with E-state index in [1.54, 1.807) is 48.7 Å². The molecule has 0 saturated carbocycles. The van der Waals surface area contributed by atoms with E-state index in [2.05, 4.69) is 5.32 Å². The molecule has 0 aliphatic carbocycles. The van der Waals surface area contributed by atoms with Crippen LogP contribution in [0.3, 0.4) is 0 Å².